The molecule has 0 radical (unpaired) electrons. The second kappa shape index (κ2) is 4.23. The van der Waals surface area contributed by atoms with Gasteiger partial charge >= 0.3 is 29.6 Å². The maximum atomic E-state index is 10.8. The molecule has 5 nitrogen and oxygen atoms in total. The molecule has 0 unspecified atom stereocenters. The van der Waals surface area contributed by atoms with Gasteiger partial charge in [-0.2, -0.15) is 0 Å². The molecular formula is C8H7N2NaO3S. The van der Waals surface area contributed by atoms with E-state index in [0.29, 0.717) is 11.0 Å². The molecule has 2 aromatic rings. The monoisotopic (exact) mass is 234 g/mol. The van der Waals surface area contributed by atoms with E-state index in [9.17, 15) is 13.0 Å². The first kappa shape index (κ1) is 12.7. The van der Waals surface area contributed by atoms with Crippen LogP contribution >= 0.6 is 0 Å². The Balaban J connectivity index is 0.00000112. The van der Waals surface area contributed by atoms with Gasteiger partial charge in [-0.25, -0.2) is 13.4 Å². The van der Waals surface area contributed by atoms with Crippen molar-refractivity contribution in [3.05, 3.63) is 24.3 Å². The van der Waals surface area contributed by atoms with E-state index in [1.54, 1.807) is 24.3 Å². The van der Waals surface area contributed by atoms with Crippen molar-refractivity contribution in [2.24, 2.45) is 7.05 Å². The maximum Gasteiger partial charge on any atom is 1.00 e. The van der Waals surface area contributed by atoms with Crippen LogP contribution in [0.1, 0.15) is 0 Å². The van der Waals surface area contributed by atoms with Crippen molar-refractivity contribution in [3.63, 3.8) is 0 Å². The molecule has 0 aliphatic heterocycles. The van der Waals surface area contributed by atoms with Crippen LogP contribution in [0.4, 0.5) is 0 Å². The Labute approximate surface area is 109 Å². The number of hydrogen-bond acceptors (Lipinski definition) is 4. The van der Waals surface area contributed by atoms with E-state index in [1.165, 1.54) is 11.6 Å². The zero-order valence-electron chi connectivity index (χ0n) is 8.34. The number of aryl methyl sites for hydroxylation is 1. The maximum absolute atomic E-state index is 10.8. The molecule has 1 heterocycles. The largest absolute Gasteiger partial charge is 1.00 e. The molecule has 74 valence electrons. The number of para-hydroxylation sites is 2. The van der Waals surface area contributed by atoms with Crippen LogP contribution in [0.2, 0.25) is 0 Å². The van der Waals surface area contributed by atoms with Crippen molar-refractivity contribution >= 4 is 21.2 Å². The zero-order chi connectivity index (χ0) is 10.3. The van der Waals surface area contributed by atoms with Gasteiger partial charge in [-0.15, -0.1) is 0 Å². The summed E-state index contributed by atoms with van der Waals surface area (Å²) in [5.74, 6) is 0. The quantitative estimate of drug-likeness (QED) is 0.403. The van der Waals surface area contributed by atoms with Gasteiger partial charge in [0.05, 0.1) is 11.0 Å². The Morgan fingerprint density at radius 2 is 1.93 bits per heavy atom. The Kier molecular flexibility index (Phi) is 3.57. The van der Waals surface area contributed by atoms with Crippen LogP contribution in [-0.2, 0) is 17.2 Å². The van der Waals surface area contributed by atoms with Crippen LogP contribution in [0.3, 0.4) is 0 Å². The van der Waals surface area contributed by atoms with Crippen LogP contribution in [0.25, 0.3) is 11.0 Å². The van der Waals surface area contributed by atoms with E-state index in [2.05, 4.69) is 4.98 Å². The van der Waals surface area contributed by atoms with Crippen molar-refractivity contribution in [1.29, 1.82) is 0 Å². The van der Waals surface area contributed by atoms with Crippen LogP contribution in [0.5, 0.6) is 0 Å². The van der Waals surface area contributed by atoms with Gasteiger partial charge in [0.1, 0.15) is 0 Å². The number of benzene rings is 1. The normalized spacial score (nSPS) is 11.3. The summed E-state index contributed by atoms with van der Waals surface area (Å²) in [6, 6.07) is 6.85. The van der Waals surface area contributed by atoms with Gasteiger partial charge in [-0.05, 0) is 12.1 Å². The average molecular weight is 234 g/mol. The SMILES string of the molecule is Cn1c(S(=O)(=O)[O-])nc2ccccc21.[Na+]. The predicted octanol–water partition coefficient (Wildman–Crippen LogP) is -2.52. The second-order valence-corrected chi connectivity index (χ2v) is 4.17. The molecule has 0 amide bonds. The van der Waals surface area contributed by atoms with E-state index >= 15 is 0 Å². The molecule has 1 aromatic heterocycles. The average Bonchev–Trinajstić information content (AvgIpc) is 2.44. The second-order valence-electron chi connectivity index (χ2n) is 2.90. The van der Waals surface area contributed by atoms with Crippen LogP contribution in [-0.4, -0.2) is 22.5 Å². The van der Waals surface area contributed by atoms with Gasteiger partial charge in [0.15, 0.2) is 10.1 Å². The predicted molar refractivity (Wildman–Crippen MR) is 48.7 cm³/mol. The van der Waals surface area contributed by atoms with Gasteiger partial charge < -0.3 is 9.12 Å². The molecule has 15 heavy (non-hydrogen) atoms. The van der Waals surface area contributed by atoms with E-state index < -0.39 is 15.3 Å². The smallest absolute Gasteiger partial charge is 0.742 e. The summed E-state index contributed by atoms with van der Waals surface area (Å²) in [7, 11) is -2.99. The number of aromatic nitrogens is 2. The van der Waals surface area contributed by atoms with E-state index in [1.807, 2.05) is 0 Å². The fraction of sp³-hybridized carbons (Fsp3) is 0.125. The minimum absolute atomic E-state index is 0. The van der Waals surface area contributed by atoms with Crippen molar-refractivity contribution in [2.75, 3.05) is 0 Å². The number of fused-ring (bicyclic) bond motifs is 1. The van der Waals surface area contributed by atoms with Crippen LogP contribution in [0.15, 0.2) is 29.4 Å². The third kappa shape index (κ3) is 2.24. The van der Waals surface area contributed by atoms with E-state index in [0.717, 1.165) is 0 Å². The third-order valence-electron chi connectivity index (χ3n) is 1.97. The number of nitrogens with zero attached hydrogens (tertiary/aromatic N) is 2. The molecule has 0 bridgehead atoms. The van der Waals surface area contributed by atoms with Crippen molar-refractivity contribution in [2.45, 2.75) is 5.16 Å². The zero-order valence-corrected chi connectivity index (χ0v) is 11.2. The van der Waals surface area contributed by atoms with Crippen molar-refractivity contribution < 1.29 is 42.5 Å². The van der Waals surface area contributed by atoms with E-state index in [4.69, 9.17) is 0 Å². The van der Waals surface area contributed by atoms with Crippen molar-refractivity contribution in [3.8, 4) is 0 Å². The van der Waals surface area contributed by atoms with Crippen LogP contribution < -0.4 is 29.6 Å². The first-order chi connectivity index (χ1) is 6.50. The number of imidazole rings is 1. The summed E-state index contributed by atoms with van der Waals surface area (Å²) in [5, 5.41) is -0.446. The first-order valence-corrected chi connectivity index (χ1v) is 5.28. The molecule has 0 spiro atoms. The molecule has 0 saturated heterocycles. The minimum atomic E-state index is -4.49. The van der Waals surface area contributed by atoms with Gasteiger partial charge in [0.2, 0.25) is 5.16 Å². The summed E-state index contributed by atoms with van der Waals surface area (Å²) in [5.41, 5.74) is 1.13. The Bertz CT molecular complexity index is 591. The molecule has 7 heteroatoms. The Morgan fingerprint density at radius 3 is 2.47 bits per heavy atom. The Hall–Kier alpha value is -0.400. The number of rotatable bonds is 1. The molecular weight excluding hydrogens is 227 g/mol. The van der Waals surface area contributed by atoms with E-state index in [-0.39, 0.29) is 29.6 Å². The molecule has 0 saturated carbocycles. The van der Waals surface area contributed by atoms with Crippen LogP contribution in [0, 0.1) is 0 Å². The molecule has 0 atom stereocenters. The third-order valence-corrected chi connectivity index (χ3v) is 2.78. The molecule has 0 aliphatic carbocycles. The molecule has 0 aliphatic rings. The summed E-state index contributed by atoms with van der Waals surface area (Å²) < 4.78 is 33.6. The van der Waals surface area contributed by atoms with Gasteiger partial charge in [-0.1, -0.05) is 12.1 Å². The summed E-state index contributed by atoms with van der Waals surface area (Å²) >= 11 is 0. The fourth-order valence-corrected chi connectivity index (χ4v) is 1.99. The molecule has 0 fully saturated rings. The summed E-state index contributed by atoms with van der Waals surface area (Å²) in [6.45, 7) is 0. The van der Waals surface area contributed by atoms with Gasteiger partial charge in [0.25, 0.3) is 0 Å². The minimum Gasteiger partial charge on any atom is -0.742 e. The first-order valence-electron chi connectivity index (χ1n) is 3.87. The molecule has 2 rings (SSSR count). The number of hydrogen-bond donors (Lipinski definition) is 0. The topological polar surface area (TPSA) is 75.0 Å². The standard InChI is InChI=1S/C8H8N2O3S.Na/c1-10-7-5-3-2-4-6(7)9-8(10)14(11,12)13;/h2-5H,1H3,(H,11,12,13);/q;+1/p-1. The van der Waals surface area contributed by atoms with Gasteiger partial charge in [0, 0.05) is 7.05 Å². The molecule has 1 aromatic carbocycles. The Morgan fingerprint density at radius 1 is 1.33 bits per heavy atom. The fourth-order valence-electron chi connectivity index (χ4n) is 1.35. The van der Waals surface area contributed by atoms with Gasteiger partial charge in [-0.3, -0.25) is 0 Å². The summed E-state index contributed by atoms with van der Waals surface area (Å²) in [6.07, 6.45) is 0. The van der Waals surface area contributed by atoms with Crippen molar-refractivity contribution in [1.82, 2.24) is 9.55 Å². The summed E-state index contributed by atoms with van der Waals surface area (Å²) in [4.78, 5) is 3.75. The molecule has 0 N–H and O–H groups in total.